The third-order valence-electron chi connectivity index (χ3n) is 3.21. The molecular formula is C10H16N4O4S. The Morgan fingerprint density at radius 3 is 2.84 bits per heavy atom. The number of hydrogen-bond donors (Lipinski definition) is 1. The molecule has 1 saturated heterocycles. The summed E-state index contributed by atoms with van der Waals surface area (Å²) in [6, 6.07) is -0.266. The first-order valence-corrected chi connectivity index (χ1v) is 7.68. The van der Waals surface area contributed by atoms with Gasteiger partial charge in [-0.05, 0) is 6.42 Å². The van der Waals surface area contributed by atoms with Crippen molar-refractivity contribution in [2.24, 2.45) is 7.05 Å². The number of rotatable bonds is 5. The van der Waals surface area contributed by atoms with Crippen molar-refractivity contribution >= 4 is 15.8 Å². The second-order valence-corrected chi connectivity index (χ2v) is 6.88. The molecule has 2 rings (SSSR count). The van der Waals surface area contributed by atoms with Crippen LogP contribution >= 0.6 is 0 Å². The van der Waals surface area contributed by atoms with Crippen LogP contribution in [0.5, 0.6) is 0 Å². The van der Waals surface area contributed by atoms with Gasteiger partial charge >= 0.3 is 5.97 Å². The standard InChI is InChI=1S/C10H16N4O4S/c1-13-9(11-7-12-13)4-14(5-10(15)16)8-2-3-19(17,18)6-8/h7-8H,2-6H2,1H3,(H,15,16). The van der Waals surface area contributed by atoms with Crippen molar-refractivity contribution in [2.45, 2.75) is 19.0 Å². The number of aromatic nitrogens is 3. The van der Waals surface area contributed by atoms with E-state index in [2.05, 4.69) is 10.1 Å². The Morgan fingerprint density at radius 1 is 1.63 bits per heavy atom. The molecule has 1 atom stereocenters. The summed E-state index contributed by atoms with van der Waals surface area (Å²) >= 11 is 0. The lowest BCUT2D eigenvalue weighted by molar-refractivity contribution is -0.139. The van der Waals surface area contributed by atoms with Gasteiger partial charge in [-0.2, -0.15) is 5.10 Å². The number of carboxylic acid groups (broad SMARTS) is 1. The molecule has 1 unspecified atom stereocenters. The third kappa shape index (κ3) is 3.51. The highest BCUT2D eigenvalue weighted by Gasteiger charge is 2.33. The molecule has 0 spiro atoms. The first-order chi connectivity index (χ1) is 8.87. The van der Waals surface area contributed by atoms with Gasteiger partial charge in [-0.15, -0.1) is 0 Å². The molecular weight excluding hydrogens is 272 g/mol. The van der Waals surface area contributed by atoms with Gasteiger partial charge in [-0.3, -0.25) is 14.4 Å². The lowest BCUT2D eigenvalue weighted by Crippen LogP contribution is -2.40. The van der Waals surface area contributed by atoms with Crippen molar-refractivity contribution in [1.82, 2.24) is 19.7 Å². The zero-order valence-corrected chi connectivity index (χ0v) is 11.4. The van der Waals surface area contributed by atoms with Crippen LogP contribution in [0.1, 0.15) is 12.2 Å². The van der Waals surface area contributed by atoms with Crippen LogP contribution < -0.4 is 0 Å². The molecule has 0 saturated carbocycles. The first kappa shape index (κ1) is 13.9. The Bertz CT molecular complexity index is 568. The van der Waals surface area contributed by atoms with Crippen LogP contribution in [-0.2, 0) is 28.2 Å². The fourth-order valence-corrected chi connectivity index (χ4v) is 3.96. The lowest BCUT2D eigenvalue weighted by atomic mass is 10.2. The summed E-state index contributed by atoms with van der Waals surface area (Å²) in [5.74, 6) is -0.234. The molecule has 1 aromatic heterocycles. The Balaban J connectivity index is 2.12. The predicted octanol–water partition coefficient (Wildman–Crippen LogP) is -1.11. The van der Waals surface area contributed by atoms with Crippen LogP contribution in [0, 0.1) is 0 Å². The highest BCUT2D eigenvalue weighted by Crippen LogP contribution is 2.19. The second kappa shape index (κ2) is 5.25. The summed E-state index contributed by atoms with van der Waals surface area (Å²) in [6.45, 7) is 0.0794. The minimum atomic E-state index is -3.04. The number of aliphatic carboxylic acids is 1. The minimum Gasteiger partial charge on any atom is -0.480 e. The average molecular weight is 288 g/mol. The summed E-state index contributed by atoms with van der Waals surface area (Å²) in [7, 11) is -1.33. The summed E-state index contributed by atoms with van der Waals surface area (Å²) in [5, 5.41) is 12.9. The molecule has 19 heavy (non-hydrogen) atoms. The monoisotopic (exact) mass is 288 g/mol. The fraction of sp³-hybridized carbons (Fsp3) is 0.700. The lowest BCUT2D eigenvalue weighted by Gasteiger charge is -2.25. The maximum Gasteiger partial charge on any atom is 0.317 e. The van der Waals surface area contributed by atoms with E-state index in [-0.39, 0.29) is 30.6 Å². The molecule has 0 aliphatic carbocycles. The van der Waals surface area contributed by atoms with Gasteiger partial charge in [0.15, 0.2) is 9.84 Å². The molecule has 8 nitrogen and oxygen atoms in total. The van der Waals surface area contributed by atoms with E-state index in [4.69, 9.17) is 5.11 Å². The van der Waals surface area contributed by atoms with E-state index in [1.165, 1.54) is 6.33 Å². The van der Waals surface area contributed by atoms with Gasteiger partial charge in [-0.25, -0.2) is 13.4 Å². The normalized spacial score (nSPS) is 21.9. The molecule has 0 bridgehead atoms. The molecule has 1 aromatic rings. The third-order valence-corrected chi connectivity index (χ3v) is 4.96. The van der Waals surface area contributed by atoms with E-state index in [9.17, 15) is 13.2 Å². The SMILES string of the molecule is Cn1ncnc1CN(CC(=O)O)C1CCS(=O)(=O)C1. The Kier molecular flexibility index (Phi) is 3.85. The molecule has 9 heteroatoms. The predicted molar refractivity (Wildman–Crippen MR) is 66.1 cm³/mol. The quantitative estimate of drug-likeness (QED) is 0.732. The smallest absolute Gasteiger partial charge is 0.317 e. The van der Waals surface area contributed by atoms with Gasteiger partial charge in [0, 0.05) is 13.1 Å². The van der Waals surface area contributed by atoms with Crippen LogP contribution in [0.25, 0.3) is 0 Å². The average Bonchev–Trinajstić information content (AvgIpc) is 2.84. The van der Waals surface area contributed by atoms with E-state index in [1.54, 1.807) is 16.6 Å². The minimum absolute atomic E-state index is 0.0120. The zero-order valence-electron chi connectivity index (χ0n) is 10.6. The number of carbonyl (C=O) groups is 1. The highest BCUT2D eigenvalue weighted by molar-refractivity contribution is 7.91. The van der Waals surface area contributed by atoms with E-state index in [1.807, 2.05) is 0 Å². The first-order valence-electron chi connectivity index (χ1n) is 5.86. The Labute approximate surface area is 111 Å². The molecule has 2 heterocycles. The van der Waals surface area contributed by atoms with Crippen LogP contribution in [0.15, 0.2) is 6.33 Å². The Hall–Kier alpha value is -1.48. The molecule has 0 aromatic carbocycles. The molecule has 1 aliphatic rings. The van der Waals surface area contributed by atoms with E-state index in [0.717, 1.165) is 0 Å². The number of hydrogen-bond acceptors (Lipinski definition) is 6. The molecule has 1 N–H and O–H groups in total. The molecule has 0 amide bonds. The van der Waals surface area contributed by atoms with E-state index >= 15 is 0 Å². The molecule has 0 radical (unpaired) electrons. The number of carboxylic acids is 1. The fourth-order valence-electron chi connectivity index (χ4n) is 2.20. The topological polar surface area (TPSA) is 105 Å². The number of sulfone groups is 1. The van der Waals surface area contributed by atoms with Crippen molar-refractivity contribution < 1.29 is 18.3 Å². The van der Waals surface area contributed by atoms with E-state index < -0.39 is 15.8 Å². The zero-order chi connectivity index (χ0) is 14.0. The van der Waals surface area contributed by atoms with Crippen molar-refractivity contribution in [2.75, 3.05) is 18.1 Å². The maximum atomic E-state index is 11.5. The van der Waals surface area contributed by atoms with Crippen molar-refractivity contribution in [3.8, 4) is 0 Å². The van der Waals surface area contributed by atoms with Gasteiger partial charge in [-0.1, -0.05) is 0 Å². The molecule has 1 fully saturated rings. The number of aryl methyl sites for hydroxylation is 1. The van der Waals surface area contributed by atoms with E-state index in [0.29, 0.717) is 12.2 Å². The maximum absolute atomic E-state index is 11.5. The number of nitrogens with zero attached hydrogens (tertiary/aromatic N) is 4. The van der Waals surface area contributed by atoms with Gasteiger partial charge in [0.2, 0.25) is 0 Å². The van der Waals surface area contributed by atoms with Gasteiger partial charge < -0.3 is 5.11 Å². The second-order valence-electron chi connectivity index (χ2n) is 4.66. The van der Waals surface area contributed by atoms with Crippen molar-refractivity contribution in [3.05, 3.63) is 12.2 Å². The van der Waals surface area contributed by atoms with Gasteiger partial charge in [0.05, 0.1) is 24.6 Å². The van der Waals surface area contributed by atoms with Gasteiger partial charge in [0.1, 0.15) is 12.2 Å². The van der Waals surface area contributed by atoms with Crippen LogP contribution in [0.3, 0.4) is 0 Å². The van der Waals surface area contributed by atoms with Crippen molar-refractivity contribution in [3.63, 3.8) is 0 Å². The largest absolute Gasteiger partial charge is 0.480 e. The van der Waals surface area contributed by atoms with Crippen molar-refractivity contribution in [1.29, 1.82) is 0 Å². The van der Waals surface area contributed by atoms with Crippen LogP contribution in [-0.4, -0.2) is 63.3 Å². The highest BCUT2D eigenvalue weighted by atomic mass is 32.2. The van der Waals surface area contributed by atoms with Gasteiger partial charge in [0.25, 0.3) is 0 Å². The summed E-state index contributed by atoms with van der Waals surface area (Å²) in [6.07, 6.45) is 1.85. The molecule has 106 valence electrons. The van der Waals surface area contributed by atoms with Crippen LogP contribution in [0.2, 0.25) is 0 Å². The summed E-state index contributed by atoms with van der Waals surface area (Å²) in [5.41, 5.74) is 0. The Morgan fingerprint density at radius 2 is 2.37 bits per heavy atom. The summed E-state index contributed by atoms with van der Waals surface area (Å²) in [4.78, 5) is 16.6. The molecule has 1 aliphatic heterocycles. The van der Waals surface area contributed by atoms with Crippen LogP contribution in [0.4, 0.5) is 0 Å². The summed E-state index contributed by atoms with van der Waals surface area (Å²) < 4.78 is 24.5.